The number of hydrogen-bond acceptors (Lipinski definition) is 5. The number of amides is 4. The lowest BCUT2D eigenvalue weighted by atomic mass is 10.0. The normalized spacial score (nSPS) is 13.6. The van der Waals surface area contributed by atoms with Crippen LogP contribution in [0.15, 0.2) is 43.0 Å². The van der Waals surface area contributed by atoms with Gasteiger partial charge in [0, 0.05) is 5.56 Å². The Hall–Kier alpha value is -3.35. The summed E-state index contributed by atoms with van der Waals surface area (Å²) in [5.74, 6) is -0.534. The molecule has 0 atom stereocenters. The maximum Gasteiger partial charge on any atom is 0.328 e. The van der Waals surface area contributed by atoms with E-state index in [1.165, 1.54) is 13.2 Å². The summed E-state index contributed by atoms with van der Waals surface area (Å²) in [4.78, 5) is 34.8. The fraction of sp³-hybridized carbons (Fsp3) is 0.167. The van der Waals surface area contributed by atoms with Gasteiger partial charge in [0.05, 0.1) is 7.11 Å². The van der Waals surface area contributed by atoms with E-state index in [0.717, 1.165) is 5.56 Å². The summed E-state index contributed by atoms with van der Waals surface area (Å²) in [5.41, 5.74) is 1.15. The van der Waals surface area contributed by atoms with E-state index in [-0.39, 0.29) is 5.57 Å². The molecular formula is C18H18N2O5. The first-order valence-corrected chi connectivity index (χ1v) is 7.44. The number of carbonyl (C=O) groups is 3. The minimum Gasteiger partial charge on any atom is -0.493 e. The molecule has 7 nitrogen and oxygen atoms in total. The van der Waals surface area contributed by atoms with Crippen LogP contribution in [0.1, 0.15) is 11.1 Å². The first-order valence-electron chi connectivity index (χ1n) is 7.44. The summed E-state index contributed by atoms with van der Waals surface area (Å²) >= 11 is 0. The van der Waals surface area contributed by atoms with Crippen molar-refractivity contribution >= 4 is 23.9 Å². The van der Waals surface area contributed by atoms with E-state index in [1.54, 1.807) is 24.3 Å². The molecule has 130 valence electrons. The van der Waals surface area contributed by atoms with E-state index in [4.69, 9.17) is 9.47 Å². The Kier molecular flexibility index (Phi) is 5.73. The molecule has 1 aromatic carbocycles. The predicted molar refractivity (Wildman–Crippen MR) is 92.2 cm³/mol. The summed E-state index contributed by atoms with van der Waals surface area (Å²) in [7, 11) is 1.49. The van der Waals surface area contributed by atoms with Gasteiger partial charge in [0.15, 0.2) is 11.5 Å². The lowest BCUT2D eigenvalue weighted by Crippen LogP contribution is -2.51. The van der Waals surface area contributed by atoms with Gasteiger partial charge in [0.2, 0.25) is 0 Å². The number of barbiturate groups is 1. The summed E-state index contributed by atoms with van der Waals surface area (Å²) in [5, 5.41) is 4.05. The molecule has 0 spiro atoms. The molecule has 0 bridgehead atoms. The largest absolute Gasteiger partial charge is 0.493 e. The van der Waals surface area contributed by atoms with Gasteiger partial charge >= 0.3 is 6.03 Å². The van der Waals surface area contributed by atoms with E-state index >= 15 is 0 Å². The SMILES string of the molecule is C=CCOc1c(CC=C)cc(C=C2C(=O)NC(=O)NC2=O)cc1OC. The highest BCUT2D eigenvalue weighted by Crippen LogP contribution is 2.34. The lowest BCUT2D eigenvalue weighted by Gasteiger charge is -2.16. The van der Waals surface area contributed by atoms with Crippen molar-refractivity contribution in [1.82, 2.24) is 10.6 Å². The highest BCUT2D eigenvalue weighted by Gasteiger charge is 2.27. The maximum atomic E-state index is 11.8. The van der Waals surface area contributed by atoms with Crippen LogP contribution in [0.2, 0.25) is 0 Å². The first kappa shape index (κ1) is 18.0. The Labute approximate surface area is 145 Å². The number of urea groups is 1. The van der Waals surface area contributed by atoms with Gasteiger partial charge in [-0.05, 0) is 30.2 Å². The lowest BCUT2D eigenvalue weighted by molar-refractivity contribution is -0.123. The molecule has 0 aromatic heterocycles. The first-order chi connectivity index (χ1) is 12.0. The van der Waals surface area contributed by atoms with Crippen LogP contribution in [0.5, 0.6) is 11.5 Å². The molecule has 2 rings (SSSR count). The third-order valence-corrected chi connectivity index (χ3v) is 3.34. The van der Waals surface area contributed by atoms with E-state index in [9.17, 15) is 14.4 Å². The fourth-order valence-electron chi connectivity index (χ4n) is 2.30. The van der Waals surface area contributed by atoms with Gasteiger partial charge in [-0.1, -0.05) is 18.7 Å². The van der Waals surface area contributed by atoms with Gasteiger partial charge in [-0.25, -0.2) is 4.79 Å². The minimum absolute atomic E-state index is 0.175. The van der Waals surface area contributed by atoms with Gasteiger partial charge in [-0.3, -0.25) is 20.2 Å². The molecule has 1 aliphatic rings. The van der Waals surface area contributed by atoms with Crippen molar-refractivity contribution in [3.05, 3.63) is 54.1 Å². The molecule has 1 aliphatic heterocycles. The average Bonchev–Trinajstić information content (AvgIpc) is 2.57. The van der Waals surface area contributed by atoms with E-state index < -0.39 is 17.8 Å². The van der Waals surface area contributed by atoms with Crippen molar-refractivity contribution in [2.24, 2.45) is 0 Å². The highest BCUT2D eigenvalue weighted by molar-refractivity contribution is 6.31. The molecule has 4 amide bonds. The van der Waals surface area contributed by atoms with E-state index in [1.807, 2.05) is 10.6 Å². The van der Waals surface area contributed by atoms with Gasteiger partial charge in [0.1, 0.15) is 12.2 Å². The second kappa shape index (κ2) is 7.96. The van der Waals surface area contributed by atoms with E-state index in [0.29, 0.717) is 30.1 Å². The fourth-order valence-corrected chi connectivity index (χ4v) is 2.30. The molecule has 0 saturated carbocycles. The third kappa shape index (κ3) is 4.14. The zero-order valence-electron chi connectivity index (χ0n) is 13.8. The number of rotatable bonds is 7. The van der Waals surface area contributed by atoms with Crippen molar-refractivity contribution in [3.8, 4) is 11.5 Å². The second-order valence-electron chi connectivity index (χ2n) is 5.10. The molecule has 1 fully saturated rings. The van der Waals surface area contributed by atoms with Crippen LogP contribution in [0.3, 0.4) is 0 Å². The van der Waals surface area contributed by atoms with Crippen LogP contribution in [-0.4, -0.2) is 31.6 Å². The monoisotopic (exact) mass is 342 g/mol. The molecule has 0 aliphatic carbocycles. The molecular weight excluding hydrogens is 324 g/mol. The molecule has 0 unspecified atom stereocenters. The summed E-state index contributed by atoms with van der Waals surface area (Å²) in [6, 6.07) is 2.55. The number of carbonyl (C=O) groups excluding carboxylic acids is 3. The zero-order valence-corrected chi connectivity index (χ0v) is 13.8. The van der Waals surface area contributed by atoms with Crippen molar-refractivity contribution in [2.75, 3.05) is 13.7 Å². The van der Waals surface area contributed by atoms with Crippen LogP contribution in [0.4, 0.5) is 4.79 Å². The number of ether oxygens (including phenoxy) is 2. The van der Waals surface area contributed by atoms with Crippen LogP contribution in [0.25, 0.3) is 6.08 Å². The number of imide groups is 2. The molecule has 1 heterocycles. The Bertz CT molecular complexity index is 758. The maximum absolute atomic E-state index is 11.8. The number of allylic oxidation sites excluding steroid dienone is 1. The molecule has 25 heavy (non-hydrogen) atoms. The van der Waals surface area contributed by atoms with Gasteiger partial charge < -0.3 is 9.47 Å². The Morgan fingerprint density at radius 1 is 1.08 bits per heavy atom. The van der Waals surface area contributed by atoms with Crippen molar-refractivity contribution in [1.29, 1.82) is 0 Å². The number of hydrogen-bond donors (Lipinski definition) is 2. The summed E-state index contributed by atoms with van der Waals surface area (Å²) in [6.07, 6.45) is 5.19. The minimum atomic E-state index is -0.842. The quantitative estimate of drug-likeness (QED) is 0.447. The van der Waals surface area contributed by atoms with Gasteiger partial charge in [0.25, 0.3) is 11.8 Å². The van der Waals surface area contributed by atoms with Crippen molar-refractivity contribution < 1.29 is 23.9 Å². The van der Waals surface area contributed by atoms with Crippen LogP contribution in [-0.2, 0) is 16.0 Å². The summed E-state index contributed by atoms with van der Waals surface area (Å²) in [6.45, 7) is 7.63. The van der Waals surface area contributed by atoms with Crippen LogP contribution in [0, 0.1) is 0 Å². The zero-order chi connectivity index (χ0) is 18.4. The van der Waals surface area contributed by atoms with Crippen molar-refractivity contribution in [3.63, 3.8) is 0 Å². The Balaban J connectivity index is 2.49. The molecule has 1 aromatic rings. The predicted octanol–water partition coefficient (Wildman–Crippen LogP) is 1.74. The smallest absolute Gasteiger partial charge is 0.328 e. The third-order valence-electron chi connectivity index (χ3n) is 3.34. The number of nitrogens with one attached hydrogen (secondary N) is 2. The summed E-state index contributed by atoms with van der Waals surface area (Å²) < 4.78 is 11.0. The van der Waals surface area contributed by atoms with Crippen LogP contribution < -0.4 is 20.1 Å². The Morgan fingerprint density at radius 3 is 2.32 bits per heavy atom. The van der Waals surface area contributed by atoms with Crippen molar-refractivity contribution in [2.45, 2.75) is 6.42 Å². The standard InChI is InChI=1S/C18H18N2O5/c1-4-6-12-8-11(10-14(24-3)15(12)25-7-5-2)9-13-16(21)19-18(23)20-17(13)22/h4-5,8-10H,1-2,6-7H2,3H3,(H2,19,20,21,22,23). The average molecular weight is 342 g/mol. The topological polar surface area (TPSA) is 93.7 Å². The van der Waals surface area contributed by atoms with Gasteiger partial charge in [-0.15, -0.1) is 6.58 Å². The number of methoxy groups -OCH3 is 1. The molecule has 0 radical (unpaired) electrons. The second-order valence-corrected chi connectivity index (χ2v) is 5.10. The Morgan fingerprint density at radius 2 is 1.76 bits per heavy atom. The molecule has 1 saturated heterocycles. The number of benzene rings is 1. The molecule has 7 heteroatoms. The van der Waals surface area contributed by atoms with Crippen LogP contribution >= 0.6 is 0 Å². The molecule has 2 N–H and O–H groups in total. The van der Waals surface area contributed by atoms with Gasteiger partial charge in [-0.2, -0.15) is 0 Å². The highest BCUT2D eigenvalue weighted by atomic mass is 16.5. The van der Waals surface area contributed by atoms with E-state index in [2.05, 4.69) is 13.2 Å².